The molecular weight excluding hydrogens is 398 g/mol. The average Bonchev–Trinajstić information content (AvgIpc) is 3.50. The molecule has 5 rings (SSSR count). The van der Waals surface area contributed by atoms with E-state index in [4.69, 9.17) is 4.74 Å². The van der Waals surface area contributed by atoms with Crippen LogP contribution >= 0.6 is 11.3 Å². The van der Waals surface area contributed by atoms with Gasteiger partial charge in [-0.05, 0) is 23.6 Å². The molecule has 0 saturated carbocycles. The zero-order chi connectivity index (χ0) is 21.0. The summed E-state index contributed by atoms with van der Waals surface area (Å²) >= 11 is 1.52. The maximum absolute atomic E-state index is 13.5. The molecule has 0 N–H and O–H groups in total. The molecular formula is C23H25N3O3S. The summed E-state index contributed by atoms with van der Waals surface area (Å²) in [5, 5.41) is 2.78. The Bertz CT molecular complexity index is 1000. The molecule has 1 aromatic heterocycles. The molecule has 30 heavy (non-hydrogen) atoms. The molecule has 0 radical (unpaired) electrons. The highest BCUT2D eigenvalue weighted by molar-refractivity contribution is 7.09. The standard InChI is InChI=1S/C23H25N3O3S/c1-14(2)15-4-6-16(7-5-15)26-13-23-9-8-17(29-23)19(20(23)22(26)28)21(27)25(3)12-18-24-10-11-30-18/h4-11,14,17,19-20H,12-13H2,1-3H3/t17-,19+,20+,23-/m0/s1. The number of rotatable bonds is 5. The van der Waals surface area contributed by atoms with Crippen LogP contribution in [0.25, 0.3) is 0 Å². The van der Waals surface area contributed by atoms with Crippen LogP contribution in [-0.4, -0.2) is 47.0 Å². The van der Waals surface area contributed by atoms with E-state index in [0.29, 0.717) is 19.0 Å². The molecule has 6 nitrogen and oxygen atoms in total. The van der Waals surface area contributed by atoms with Gasteiger partial charge in [0.15, 0.2) is 0 Å². The number of anilines is 1. The van der Waals surface area contributed by atoms with Gasteiger partial charge in [-0.25, -0.2) is 4.98 Å². The lowest BCUT2D eigenvalue weighted by atomic mass is 9.76. The van der Waals surface area contributed by atoms with Crippen molar-refractivity contribution >= 4 is 28.8 Å². The van der Waals surface area contributed by atoms with E-state index in [0.717, 1.165) is 10.7 Å². The van der Waals surface area contributed by atoms with Gasteiger partial charge in [-0.2, -0.15) is 0 Å². The van der Waals surface area contributed by atoms with E-state index in [2.05, 4.69) is 31.0 Å². The molecule has 0 aliphatic carbocycles. The summed E-state index contributed by atoms with van der Waals surface area (Å²) < 4.78 is 6.25. The normalized spacial score (nSPS) is 29.1. The van der Waals surface area contributed by atoms with Crippen LogP contribution in [0.1, 0.15) is 30.3 Å². The number of hydrogen-bond donors (Lipinski definition) is 0. The van der Waals surface area contributed by atoms with Crippen molar-refractivity contribution in [3.05, 3.63) is 58.6 Å². The molecule has 2 bridgehead atoms. The van der Waals surface area contributed by atoms with Gasteiger partial charge in [-0.15, -0.1) is 11.3 Å². The first kappa shape index (κ1) is 19.5. The summed E-state index contributed by atoms with van der Waals surface area (Å²) in [6, 6.07) is 8.12. The summed E-state index contributed by atoms with van der Waals surface area (Å²) in [7, 11) is 1.77. The fraction of sp³-hybridized carbons (Fsp3) is 0.435. The van der Waals surface area contributed by atoms with Gasteiger partial charge in [0.1, 0.15) is 10.6 Å². The Hall–Kier alpha value is -2.51. The van der Waals surface area contributed by atoms with Crippen LogP contribution in [0.5, 0.6) is 0 Å². The number of carbonyl (C=O) groups is 2. The fourth-order valence-corrected chi connectivity index (χ4v) is 5.57. The first-order valence-corrected chi connectivity index (χ1v) is 11.2. The topological polar surface area (TPSA) is 62.7 Å². The lowest BCUT2D eigenvalue weighted by Gasteiger charge is -2.27. The molecule has 0 unspecified atom stereocenters. The highest BCUT2D eigenvalue weighted by atomic mass is 32.1. The Labute approximate surface area is 180 Å². The van der Waals surface area contributed by atoms with E-state index in [1.807, 2.05) is 29.7 Å². The highest BCUT2D eigenvalue weighted by Gasteiger charge is 2.67. The largest absolute Gasteiger partial charge is 0.360 e. The Morgan fingerprint density at radius 2 is 2.13 bits per heavy atom. The van der Waals surface area contributed by atoms with E-state index in [1.54, 1.807) is 23.0 Å². The number of nitrogens with zero attached hydrogens (tertiary/aromatic N) is 3. The van der Waals surface area contributed by atoms with Crippen LogP contribution in [0.15, 0.2) is 48.0 Å². The molecule has 3 aliphatic heterocycles. The number of hydrogen-bond acceptors (Lipinski definition) is 5. The quantitative estimate of drug-likeness (QED) is 0.693. The van der Waals surface area contributed by atoms with E-state index in [1.165, 1.54) is 16.9 Å². The van der Waals surface area contributed by atoms with Crippen molar-refractivity contribution in [1.29, 1.82) is 0 Å². The monoisotopic (exact) mass is 423 g/mol. The average molecular weight is 424 g/mol. The number of benzene rings is 1. The van der Waals surface area contributed by atoms with Crippen molar-refractivity contribution < 1.29 is 14.3 Å². The zero-order valence-electron chi connectivity index (χ0n) is 17.3. The highest BCUT2D eigenvalue weighted by Crippen LogP contribution is 2.53. The summed E-state index contributed by atoms with van der Waals surface area (Å²) in [5.74, 6) is -0.628. The lowest BCUT2D eigenvalue weighted by molar-refractivity contribution is -0.139. The fourth-order valence-electron chi connectivity index (χ4n) is 4.90. The molecule has 2 amide bonds. The van der Waals surface area contributed by atoms with E-state index in [9.17, 15) is 9.59 Å². The molecule has 1 aromatic carbocycles. The maximum Gasteiger partial charge on any atom is 0.234 e. The van der Waals surface area contributed by atoms with Crippen molar-refractivity contribution in [1.82, 2.24) is 9.88 Å². The van der Waals surface area contributed by atoms with Gasteiger partial charge >= 0.3 is 0 Å². The minimum Gasteiger partial charge on any atom is -0.360 e. The first-order chi connectivity index (χ1) is 14.4. The lowest BCUT2D eigenvalue weighted by Crippen LogP contribution is -2.44. The van der Waals surface area contributed by atoms with Gasteiger partial charge in [0.25, 0.3) is 0 Å². The van der Waals surface area contributed by atoms with Crippen LogP contribution in [-0.2, 0) is 20.9 Å². The van der Waals surface area contributed by atoms with Gasteiger partial charge in [-0.1, -0.05) is 38.1 Å². The molecule has 2 aromatic rings. The van der Waals surface area contributed by atoms with Gasteiger partial charge in [0.05, 0.1) is 31.0 Å². The van der Waals surface area contributed by atoms with Crippen LogP contribution in [0.2, 0.25) is 0 Å². The number of ether oxygens (including phenoxy) is 1. The van der Waals surface area contributed by atoms with Crippen molar-refractivity contribution in [2.45, 2.75) is 38.0 Å². The number of fused-ring (bicyclic) bond motifs is 1. The number of amides is 2. The summed E-state index contributed by atoms with van der Waals surface area (Å²) in [4.78, 5) is 34.5. The summed E-state index contributed by atoms with van der Waals surface area (Å²) in [6.45, 7) is 5.19. The van der Waals surface area contributed by atoms with Crippen LogP contribution in [0.3, 0.4) is 0 Å². The van der Waals surface area contributed by atoms with Crippen molar-refractivity contribution in [3.63, 3.8) is 0 Å². The zero-order valence-corrected chi connectivity index (χ0v) is 18.1. The third-order valence-corrected chi connectivity index (χ3v) is 7.25. The second kappa shape index (κ2) is 7.03. The van der Waals surface area contributed by atoms with E-state index in [-0.39, 0.29) is 17.9 Å². The molecule has 156 valence electrons. The second-order valence-corrected chi connectivity index (χ2v) is 9.67. The minimum absolute atomic E-state index is 0.0276. The Morgan fingerprint density at radius 1 is 1.37 bits per heavy atom. The van der Waals surface area contributed by atoms with E-state index >= 15 is 0 Å². The molecule has 2 saturated heterocycles. The molecule has 2 fully saturated rings. The molecule has 3 aliphatic rings. The predicted molar refractivity (Wildman–Crippen MR) is 115 cm³/mol. The predicted octanol–water partition coefficient (Wildman–Crippen LogP) is 3.21. The van der Waals surface area contributed by atoms with Gasteiger partial charge in [0, 0.05) is 24.3 Å². The number of thiazole rings is 1. The van der Waals surface area contributed by atoms with Crippen LogP contribution in [0.4, 0.5) is 5.69 Å². The van der Waals surface area contributed by atoms with Gasteiger partial charge in [-0.3, -0.25) is 9.59 Å². The van der Waals surface area contributed by atoms with Crippen LogP contribution < -0.4 is 4.90 Å². The maximum atomic E-state index is 13.5. The van der Waals surface area contributed by atoms with Gasteiger partial charge in [0.2, 0.25) is 11.8 Å². The van der Waals surface area contributed by atoms with E-state index < -0.39 is 17.4 Å². The summed E-state index contributed by atoms with van der Waals surface area (Å²) in [6.07, 6.45) is 5.35. The smallest absolute Gasteiger partial charge is 0.234 e. The third-order valence-electron chi connectivity index (χ3n) is 6.49. The summed E-state index contributed by atoms with van der Waals surface area (Å²) in [5.41, 5.74) is 1.38. The second-order valence-electron chi connectivity index (χ2n) is 8.69. The molecule has 4 atom stereocenters. The van der Waals surface area contributed by atoms with Gasteiger partial charge < -0.3 is 14.5 Å². The SMILES string of the molecule is CC(C)c1ccc(N2C[C@]34C=C[C@H](O3)[C@@H](C(=O)N(C)Cc3nccs3)[C@@H]4C2=O)cc1. The van der Waals surface area contributed by atoms with Crippen molar-refractivity contribution in [3.8, 4) is 0 Å². The van der Waals surface area contributed by atoms with Crippen molar-refractivity contribution in [2.75, 3.05) is 18.5 Å². The molecule has 7 heteroatoms. The Kier molecular flexibility index (Phi) is 4.56. The molecule has 1 spiro atoms. The first-order valence-electron chi connectivity index (χ1n) is 10.3. The Morgan fingerprint density at radius 3 is 2.80 bits per heavy atom. The molecule has 4 heterocycles. The van der Waals surface area contributed by atoms with Crippen molar-refractivity contribution in [2.24, 2.45) is 11.8 Å². The number of carbonyl (C=O) groups excluding carboxylic acids is 2. The Balaban J connectivity index is 1.40. The minimum atomic E-state index is -0.708. The number of aromatic nitrogens is 1. The third kappa shape index (κ3) is 2.91. The van der Waals surface area contributed by atoms with Crippen LogP contribution in [0, 0.1) is 11.8 Å².